The van der Waals surface area contributed by atoms with Gasteiger partial charge in [-0.1, -0.05) is 11.8 Å². The van der Waals surface area contributed by atoms with E-state index in [1.54, 1.807) is 0 Å². The van der Waals surface area contributed by atoms with E-state index < -0.39 is 11.7 Å². The van der Waals surface area contributed by atoms with Crippen LogP contribution in [0.3, 0.4) is 0 Å². The van der Waals surface area contributed by atoms with E-state index in [1.807, 2.05) is 43.3 Å². The van der Waals surface area contributed by atoms with Gasteiger partial charge in [-0.05, 0) is 59.0 Å². The van der Waals surface area contributed by atoms with Crippen LogP contribution in [0.15, 0.2) is 53.7 Å². The van der Waals surface area contributed by atoms with Gasteiger partial charge in [0, 0.05) is 25.5 Å². The van der Waals surface area contributed by atoms with Crippen LogP contribution >= 0.6 is 11.8 Å². The molecule has 1 amide bonds. The first-order chi connectivity index (χ1) is 13.7. The van der Waals surface area contributed by atoms with Crippen molar-refractivity contribution in [3.05, 3.63) is 54.1 Å². The zero-order valence-electron chi connectivity index (χ0n) is 15.5. The van der Waals surface area contributed by atoms with E-state index in [0.29, 0.717) is 5.16 Å². The first kappa shape index (κ1) is 20.6. The minimum Gasteiger partial charge on any atom is -0.378 e. The molecule has 0 aliphatic rings. The molecule has 0 radical (unpaired) electrons. The Kier molecular flexibility index (Phi) is 6.06. The van der Waals surface area contributed by atoms with Crippen LogP contribution in [0.5, 0.6) is 0 Å². The highest BCUT2D eigenvalue weighted by Crippen LogP contribution is 2.30. The number of aromatic nitrogens is 4. The summed E-state index contributed by atoms with van der Waals surface area (Å²) in [7, 11) is 3.87. The number of anilines is 2. The molecule has 152 valence electrons. The van der Waals surface area contributed by atoms with Gasteiger partial charge in [0.2, 0.25) is 11.1 Å². The fourth-order valence-electron chi connectivity index (χ4n) is 2.39. The number of carbonyl (C=O) groups excluding carboxylic acids is 1. The Bertz CT molecular complexity index is 971. The molecule has 1 N–H and O–H groups in total. The largest absolute Gasteiger partial charge is 0.416 e. The number of rotatable bonds is 6. The maximum Gasteiger partial charge on any atom is 0.416 e. The van der Waals surface area contributed by atoms with Crippen molar-refractivity contribution >= 4 is 29.0 Å². The Hall–Kier alpha value is -3.08. The number of hydrogen-bond acceptors (Lipinski definition) is 6. The van der Waals surface area contributed by atoms with Crippen LogP contribution in [0, 0.1) is 0 Å². The summed E-state index contributed by atoms with van der Waals surface area (Å²) in [5.74, 6) is -0.385. The van der Waals surface area contributed by atoms with Gasteiger partial charge in [-0.15, -0.1) is 5.10 Å². The number of nitrogens with zero attached hydrogens (tertiary/aromatic N) is 5. The molecule has 0 saturated carbocycles. The summed E-state index contributed by atoms with van der Waals surface area (Å²) in [6.07, 6.45) is -4.42. The third-order valence-electron chi connectivity index (χ3n) is 3.88. The van der Waals surface area contributed by atoms with Gasteiger partial charge in [-0.2, -0.15) is 17.9 Å². The van der Waals surface area contributed by atoms with Crippen molar-refractivity contribution in [3.8, 4) is 5.69 Å². The van der Waals surface area contributed by atoms with E-state index in [2.05, 4.69) is 20.8 Å². The number of benzene rings is 2. The van der Waals surface area contributed by atoms with Gasteiger partial charge in [0.15, 0.2) is 0 Å². The molecule has 0 aliphatic heterocycles. The number of tetrazole rings is 1. The molecule has 0 bridgehead atoms. The first-order valence-electron chi connectivity index (χ1n) is 8.40. The summed E-state index contributed by atoms with van der Waals surface area (Å²) in [4.78, 5) is 14.1. The molecule has 29 heavy (non-hydrogen) atoms. The zero-order chi connectivity index (χ0) is 21.0. The lowest BCUT2D eigenvalue weighted by molar-refractivity contribution is -0.137. The molecule has 1 aromatic heterocycles. The minimum absolute atomic E-state index is 0.00280. The molecule has 0 saturated heterocycles. The molecule has 3 rings (SSSR count). The lowest BCUT2D eigenvalue weighted by Gasteiger charge is -2.12. The third kappa shape index (κ3) is 5.25. The maximum atomic E-state index is 12.6. The summed E-state index contributed by atoms with van der Waals surface area (Å²) < 4.78 is 39.3. The fourth-order valence-corrected chi connectivity index (χ4v) is 3.08. The number of thioether (sulfide) groups is 1. The summed E-state index contributed by atoms with van der Waals surface area (Å²) in [5, 5.41) is 14.5. The second kappa shape index (κ2) is 8.52. The lowest BCUT2D eigenvalue weighted by Crippen LogP contribution is -2.15. The second-order valence-corrected chi connectivity index (χ2v) is 7.14. The number of hydrogen-bond donors (Lipinski definition) is 1. The van der Waals surface area contributed by atoms with Crippen molar-refractivity contribution in [1.29, 1.82) is 0 Å². The van der Waals surface area contributed by atoms with Crippen molar-refractivity contribution in [1.82, 2.24) is 20.2 Å². The maximum absolute atomic E-state index is 12.6. The number of halogens is 3. The van der Waals surface area contributed by atoms with Crippen molar-refractivity contribution in [2.45, 2.75) is 11.3 Å². The van der Waals surface area contributed by atoms with Crippen LogP contribution in [-0.4, -0.2) is 46.0 Å². The smallest absolute Gasteiger partial charge is 0.378 e. The highest BCUT2D eigenvalue weighted by molar-refractivity contribution is 7.99. The second-order valence-electron chi connectivity index (χ2n) is 6.20. The number of alkyl halides is 3. The molecule has 2 aromatic carbocycles. The quantitative estimate of drug-likeness (QED) is 0.613. The monoisotopic (exact) mass is 422 g/mol. The topological polar surface area (TPSA) is 75.9 Å². The normalized spacial score (nSPS) is 11.3. The Morgan fingerprint density at radius 2 is 1.76 bits per heavy atom. The van der Waals surface area contributed by atoms with Crippen molar-refractivity contribution in [2.24, 2.45) is 0 Å². The van der Waals surface area contributed by atoms with E-state index in [-0.39, 0.29) is 17.3 Å². The Morgan fingerprint density at radius 1 is 1.10 bits per heavy atom. The molecular formula is C18H17F3N6OS. The fraction of sp³-hybridized carbons (Fsp3) is 0.222. The van der Waals surface area contributed by atoms with E-state index in [4.69, 9.17) is 0 Å². The van der Waals surface area contributed by atoms with Gasteiger partial charge in [-0.25, -0.2) is 0 Å². The third-order valence-corrected chi connectivity index (χ3v) is 4.80. The molecule has 0 spiro atoms. The van der Waals surface area contributed by atoms with Crippen molar-refractivity contribution in [2.75, 3.05) is 30.1 Å². The predicted octanol–water partition coefficient (Wildman–Crippen LogP) is 3.48. The van der Waals surface area contributed by atoms with Gasteiger partial charge >= 0.3 is 6.18 Å². The lowest BCUT2D eigenvalue weighted by atomic mass is 10.2. The average molecular weight is 422 g/mol. The Balaban J connectivity index is 1.61. The van der Waals surface area contributed by atoms with E-state index in [1.165, 1.54) is 16.8 Å². The first-order valence-corrected chi connectivity index (χ1v) is 9.38. The van der Waals surface area contributed by atoms with Crippen LogP contribution in [0.25, 0.3) is 5.69 Å². The molecule has 0 unspecified atom stereocenters. The molecule has 0 aliphatic carbocycles. The summed E-state index contributed by atoms with van der Waals surface area (Å²) in [6.45, 7) is 0. The van der Waals surface area contributed by atoms with Crippen LogP contribution in [0.2, 0.25) is 0 Å². The molecule has 11 heteroatoms. The van der Waals surface area contributed by atoms with Gasteiger partial charge in [0.05, 0.1) is 17.0 Å². The highest BCUT2D eigenvalue weighted by Gasteiger charge is 2.30. The summed E-state index contributed by atoms with van der Waals surface area (Å²) in [5.41, 5.74) is 1.27. The van der Waals surface area contributed by atoms with Crippen LogP contribution < -0.4 is 10.2 Å². The van der Waals surface area contributed by atoms with Gasteiger partial charge in [-0.3, -0.25) is 4.79 Å². The van der Waals surface area contributed by atoms with Gasteiger partial charge < -0.3 is 10.2 Å². The number of carbonyl (C=O) groups is 1. The van der Waals surface area contributed by atoms with Crippen molar-refractivity contribution < 1.29 is 18.0 Å². The number of nitrogens with one attached hydrogen (secondary N) is 1. The van der Waals surface area contributed by atoms with Crippen LogP contribution in [0.1, 0.15) is 5.56 Å². The van der Waals surface area contributed by atoms with E-state index in [9.17, 15) is 18.0 Å². The van der Waals surface area contributed by atoms with Crippen LogP contribution in [-0.2, 0) is 11.0 Å². The molecule has 0 atom stereocenters. The van der Waals surface area contributed by atoms with Gasteiger partial charge in [0.1, 0.15) is 0 Å². The molecule has 1 heterocycles. The van der Waals surface area contributed by atoms with E-state index >= 15 is 0 Å². The SMILES string of the molecule is CN(C)c1ccc(-n2nnnc2SCC(=O)Nc2ccc(C(F)(F)F)cc2)cc1. The van der Waals surface area contributed by atoms with Crippen LogP contribution in [0.4, 0.5) is 24.5 Å². The van der Waals surface area contributed by atoms with Crippen molar-refractivity contribution in [3.63, 3.8) is 0 Å². The average Bonchev–Trinajstić information content (AvgIpc) is 3.15. The number of amides is 1. The standard InChI is InChI=1S/C18H17F3N6OS/c1-26(2)14-7-9-15(10-8-14)27-17(23-24-25-27)29-11-16(28)22-13-5-3-12(4-6-13)18(19,20)21/h3-10H,11H2,1-2H3,(H,22,28). The predicted molar refractivity (Wildman–Crippen MR) is 104 cm³/mol. The molecule has 7 nitrogen and oxygen atoms in total. The minimum atomic E-state index is -4.42. The summed E-state index contributed by atoms with van der Waals surface area (Å²) in [6, 6.07) is 11.8. The zero-order valence-corrected chi connectivity index (χ0v) is 16.3. The molecule has 3 aromatic rings. The molecular weight excluding hydrogens is 405 g/mol. The Morgan fingerprint density at radius 3 is 2.34 bits per heavy atom. The molecule has 0 fully saturated rings. The summed E-state index contributed by atoms with van der Waals surface area (Å²) >= 11 is 1.12. The van der Waals surface area contributed by atoms with Gasteiger partial charge in [0.25, 0.3) is 0 Å². The Labute approximate surface area is 168 Å². The van der Waals surface area contributed by atoms with E-state index in [0.717, 1.165) is 35.3 Å². The highest BCUT2D eigenvalue weighted by atomic mass is 32.2.